The van der Waals surface area contributed by atoms with Gasteiger partial charge in [0.15, 0.2) is 5.58 Å². The van der Waals surface area contributed by atoms with Crippen molar-refractivity contribution in [3.8, 4) is 0 Å². The number of fused-ring (bicyclic) bond motifs is 1. The number of nitrogens with one attached hydrogen (secondary N) is 1. The average molecular weight is 281 g/mol. The van der Waals surface area contributed by atoms with Crippen LogP contribution < -0.4 is 5.32 Å². The van der Waals surface area contributed by atoms with Crippen molar-refractivity contribution in [3.05, 3.63) is 28.3 Å². The van der Waals surface area contributed by atoms with Gasteiger partial charge < -0.3 is 19.2 Å². The Hall–Kier alpha value is -2.19. The molecule has 1 aromatic heterocycles. The third kappa shape index (κ3) is 3.22. The summed E-state index contributed by atoms with van der Waals surface area (Å²) in [4.78, 5) is 14.4. The fraction of sp³-hybridized carbons (Fsp3) is 0.417. The smallest absolute Gasteiger partial charge is 0.295 e. The second-order valence-corrected chi connectivity index (χ2v) is 4.12. The van der Waals surface area contributed by atoms with E-state index in [0.717, 1.165) is 0 Å². The van der Waals surface area contributed by atoms with E-state index in [1.165, 1.54) is 12.1 Å². The first kappa shape index (κ1) is 14.2. The van der Waals surface area contributed by atoms with Crippen molar-refractivity contribution in [2.75, 3.05) is 32.7 Å². The van der Waals surface area contributed by atoms with E-state index < -0.39 is 4.92 Å². The number of nitro groups is 1. The highest BCUT2D eigenvalue weighted by atomic mass is 16.6. The van der Waals surface area contributed by atoms with E-state index in [4.69, 9.17) is 13.9 Å². The van der Waals surface area contributed by atoms with E-state index in [1.807, 2.05) is 0 Å². The molecule has 2 rings (SSSR count). The van der Waals surface area contributed by atoms with Crippen molar-refractivity contribution in [3.63, 3.8) is 0 Å². The van der Waals surface area contributed by atoms with Gasteiger partial charge in [0.25, 0.3) is 11.7 Å². The molecule has 0 radical (unpaired) electrons. The maximum Gasteiger partial charge on any atom is 0.295 e. The predicted molar refractivity (Wildman–Crippen MR) is 71.8 cm³/mol. The maximum atomic E-state index is 10.7. The lowest BCUT2D eigenvalue weighted by Crippen LogP contribution is -2.26. The number of methoxy groups -OCH3 is 2. The number of nitrogens with zero attached hydrogens (tertiary/aromatic N) is 2. The SMILES string of the molecule is COCC(CNc1nc2ccc([N+](=O)[O-])cc2o1)OC. The minimum Gasteiger partial charge on any atom is -0.423 e. The Morgan fingerprint density at radius 1 is 1.50 bits per heavy atom. The maximum absolute atomic E-state index is 10.7. The molecule has 0 saturated carbocycles. The van der Waals surface area contributed by atoms with E-state index in [0.29, 0.717) is 30.3 Å². The Kier molecular flexibility index (Phi) is 4.49. The molecule has 0 bridgehead atoms. The molecule has 1 heterocycles. The molecule has 20 heavy (non-hydrogen) atoms. The summed E-state index contributed by atoms with van der Waals surface area (Å²) in [6.45, 7) is 0.897. The Labute approximate surface area is 114 Å². The molecule has 0 aliphatic rings. The molecule has 0 aliphatic carbocycles. The summed E-state index contributed by atoms with van der Waals surface area (Å²) in [5, 5.41) is 13.6. The van der Waals surface area contributed by atoms with Gasteiger partial charge in [0.1, 0.15) is 5.52 Å². The number of non-ortho nitro benzene ring substituents is 1. The van der Waals surface area contributed by atoms with Crippen LogP contribution in [0, 0.1) is 10.1 Å². The minimum absolute atomic E-state index is 0.0330. The predicted octanol–water partition coefficient (Wildman–Crippen LogP) is 1.81. The van der Waals surface area contributed by atoms with Crippen LogP contribution in [0.1, 0.15) is 0 Å². The number of nitro benzene ring substituents is 1. The quantitative estimate of drug-likeness (QED) is 0.610. The Morgan fingerprint density at radius 2 is 2.30 bits per heavy atom. The number of benzene rings is 1. The zero-order valence-corrected chi connectivity index (χ0v) is 11.2. The standard InChI is InChI=1S/C12H15N3O5/c1-18-7-9(19-2)6-13-12-14-10-4-3-8(15(16)17)5-11(10)20-12/h3-5,9H,6-7H2,1-2H3,(H,13,14). The fourth-order valence-electron chi connectivity index (χ4n) is 1.70. The summed E-state index contributed by atoms with van der Waals surface area (Å²) in [6.07, 6.45) is -0.135. The zero-order valence-electron chi connectivity index (χ0n) is 11.2. The molecule has 0 fully saturated rings. The van der Waals surface area contributed by atoms with E-state index in [2.05, 4.69) is 10.3 Å². The highest BCUT2D eigenvalue weighted by molar-refractivity contribution is 5.77. The van der Waals surface area contributed by atoms with Gasteiger partial charge in [-0.3, -0.25) is 10.1 Å². The van der Waals surface area contributed by atoms with Crippen molar-refractivity contribution in [2.24, 2.45) is 0 Å². The first-order chi connectivity index (χ1) is 9.63. The second kappa shape index (κ2) is 6.31. The van der Waals surface area contributed by atoms with Gasteiger partial charge >= 0.3 is 0 Å². The molecule has 1 atom stereocenters. The van der Waals surface area contributed by atoms with Crippen molar-refractivity contribution < 1.29 is 18.8 Å². The Balaban J connectivity index is 2.09. The van der Waals surface area contributed by atoms with Gasteiger partial charge in [-0.25, -0.2) is 0 Å². The monoisotopic (exact) mass is 281 g/mol. The number of anilines is 1. The van der Waals surface area contributed by atoms with Crippen LogP contribution in [0.15, 0.2) is 22.6 Å². The number of rotatable bonds is 7. The van der Waals surface area contributed by atoms with Gasteiger partial charge in [0.2, 0.25) is 0 Å². The van der Waals surface area contributed by atoms with Crippen molar-refractivity contribution in [1.82, 2.24) is 4.98 Å². The van der Waals surface area contributed by atoms with Crippen LogP contribution in [0.25, 0.3) is 11.1 Å². The topological polar surface area (TPSA) is 99.7 Å². The van der Waals surface area contributed by atoms with Crippen molar-refractivity contribution in [1.29, 1.82) is 0 Å². The number of oxazole rings is 1. The average Bonchev–Trinajstić information content (AvgIpc) is 2.85. The van der Waals surface area contributed by atoms with Crippen LogP contribution in [-0.4, -0.2) is 43.4 Å². The summed E-state index contributed by atoms with van der Waals surface area (Å²) in [7, 11) is 3.17. The molecule has 0 aliphatic heterocycles. The van der Waals surface area contributed by atoms with Crippen LogP contribution in [0.4, 0.5) is 11.7 Å². The van der Waals surface area contributed by atoms with E-state index in [-0.39, 0.29) is 11.8 Å². The lowest BCUT2D eigenvalue weighted by molar-refractivity contribution is -0.384. The molecule has 1 aromatic carbocycles. The third-order valence-electron chi connectivity index (χ3n) is 2.75. The first-order valence-corrected chi connectivity index (χ1v) is 5.94. The summed E-state index contributed by atoms with van der Waals surface area (Å²) < 4.78 is 15.6. The minimum atomic E-state index is -0.478. The number of ether oxygens (including phenoxy) is 2. The fourth-order valence-corrected chi connectivity index (χ4v) is 1.70. The van der Waals surface area contributed by atoms with E-state index in [1.54, 1.807) is 20.3 Å². The normalized spacial score (nSPS) is 12.5. The molecule has 8 nitrogen and oxygen atoms in total. The van der Waals surface area contributed by atoms with Crippen molar-refractivity contribution >= 4 is 22.8 Å². The largest absolute Gasteiger partial charge is 0.423 e. The highest BCUT2D eigenvalue weighted by Crippen LogP contribution is 2.23. The molecule has 2 aromatic rings. The van der Waals surface area contributed by atoms with Gasteiger partial charge in [-0.1, -0.05) is 0 Å². The number of hydrogen-bond acceptors (Lipinski definition) is 7. The van der Waals surface area contributed by atoms with Crippen LogP contribution >= 0.6 is 0 Å². The van der Waals surface area contributed by atoms with Crippen LogP contribution in [0.5, 0.6) is 0 Å². The van der Waals surface area contributed by atoms with Crippen molar-refractivity contribution in [2.45, 2.75) is 6.10 Å². The third-order valence-corrected chi connectivity index (χ3v) is 2.75. The second-order valence-electron chi connectivity index (χ2n) is 4.12. The molecule has 1 unspecified atom stereocenters. The molecule has 1 N–H and O–H groups in total. The molecule has 0 saturated heterocycles. The summed E-state index contributed by atoms with van der Waals surface area (Å²) >= 11 is 0. The Morgan fingerprint density at radius 3 is 2.95 bits per heavy atom. The number of aromatic nitrogens is 1. The van der Waals surface area contributed by atoms with Crippen LogP contribution in [-0.2, 0) is 9.47 Å². The Bertz CT molecular complexity index is 598. The van der Waals surface area contributed by atoms with E-state index >= 15 is 0 Å². The summed E-state index contributed by atoms with van der Waals surface area (Å²) in [6, 6.07) is 4.57. The first-order valence-electron chi connectivity index (χ1n) is 5.94. The summed E-state index contributed by atoms with van der Waals surface area (Å²) in [5.74, 6) is 0. The van der Waals surface area contributed by atoms with Gasteiger partial charge in [-0.05, 0) is 6.07 Å². The summed E-state index contributed by atoms with van der Waals surface area (Å²) in [5.41, 5.74) is 0.885. The van der Waals surface area contributed by atoms with Crippen LogP contribution in [0.3, 0.4) is 0 Å². The molecular formula is C12H15N3O5. The van der Waals surface area contributed by atoms with E-state index in [9.17, 15) is 10.1 Å². The van der Waals surface area contributed by atoms with Gasteiger partial charge in [0.05, 0.1) is 23.7 Å². The zero-order chi connectivity index (χ0) is 14.5. The molecule has 108 valence electrons. The van der Waals surface area contributed by atoms with Gasteiger partial charge in [-0.2, -0.15) is 4.98 Å². The molecule has 0 amide bonds. The molecular weight excluding hydrogens is 266 g/mol. The van der Waals surface area contributed by atoms with Gasteiger partial charge in [-0.15, -0.1) is 0 Å². The molecule has 0 spiro atoms. The lowest BCUT2D eigenvalue weighted by atomic mass is 10.3. The van der Waals surface area contributed by atoms with Crippen LogP contribution in [0.2, 0.25) is 0 Å². The highest BCUT2D eigenvalue weighted by Gasteiger charge is 2.13. The van der Waals surface area contributed by atoms with Gasteiger partial charge in [0, 0.05) is 26.8 Å². The molecule has 8 heteroatoms. The number of hydrogen-bond donors (Lipinski definition) is 1. The lowest BCUT2D eigenvalue weighted by Gasteiger charge is -2.13.